The molecule has 0 saturated carbocycles. The molecule has 130 valence electrons. The van der Waals surface area contributed by atoms with Crippen molar-refractivity contribution < 1.29 is 4.79 Å². The molecule has 4 N–H and O–H groups in total. The molecule has 24 heavy (non-hydrogen) atoms. The van der Waals surface area contributed by atoms with Gasteiger partial charge in [-0.05, 0) is 59.1 Å². The van der Waals surface area contributed by atoms with E-state index in [1.165, 1.54) is 11.3 Å². The molecule has 5 nitrogen and oxygen atoms in total. The molecule has 0 atom stereocenters. The minimum atomic E-state index is -0.0894. The van der Waals surface area contributed by atoms with Gasteiger partial charge in [-0.25, -0.2) is 4.98 Å². The molecule has 0 aliphatic carbocycles. The standard InChI is InChI=1S/C18H26N4OS/c1-10-6-7-20-16-12(10)13(19)14(24-16)15(23)21-11-8-17(2,3)22-18(4,5)9-11/h6-7,11,22H,8-9,19H2,1-5H3,(H,21,23). The van der Waals surface area contributed by atoms with Crippen LogP contribution in [0.5, 0.6) is 0 Å². The lowest BCUT2D eigenvalue weighted by Crippen LogP contribution is -2.62. The summed E-state index contributed by atoms with van der Waals surface area (Å²) in [6, 6.07) is 2.05. The zero-order valence-corrected chi connectivity index (χ0v) is 15.8. The van der Waals surface area contributed by atoms with Gasteiger partial charge in [0.05, 0.1) is 5.69 Å². The fraction of sp³-hybridized carbons (Fsp3) is 0.556. The van der Waals surface area contributed by atoms with Crippen molar-refractivity contribution in [1.29, 1.82) is 0 Å². The van der Waals surface area contributed by atoms with Crippen LogP contribution >= 0.6 is 11.3 Å². The highest BCUT2D eigenvalue weighted by atomic mass is 32.1. The smallest absolute Gasteiger partial charge is 0.263 e. The molecule has 1 fully saturated rings. The Hall–Kier alpha value is -1.66. The first-order valence-electron chi connectivity index (χ1n) is 8.32. The maximum absolute atomic E-state index is 12.8. The van der Waals surface area contributed by atoms with Crippen molar-refractivity contribution in [2.45, 2.75) is 64.6 Å². The van der Waals surface area contributed by atoms with Crippen LogP contribution in [0.4, 0.5) is 5.69 Å². The summed E-state index contributed by atoms with van der Waals surface area (Å²) in [7, 11) is 0. The number of carbonyl (C=O) groups excluding carboxylic acids is 1. The summed E-state index contributed by atoms with van der Waals surface area (Å²) in [6.45, 7) is 10.7. The second-order valence-electron chi connectivity index (χ2n) is 8.12. The Bertz CT molecular complexity index is 778. The van der Waals surface area contributed by atoms with Gasteiger partial charge in [-0.1, -0.05) is 0 Å². The molecule has 1 aliphatic heterocycles. The molecule has 0 radical (unpaired) electrons. The number of carbonyl (C=O) groups is 1. The predicted octanol–water partition coefficient (Wildman–Crippen LogP) is 3.23. The molecular weight excluding hydrogens is 320 g/mol. The third-order valence-corrected chi connectivity index (χ3v) is 5.68. The number of pyridine rings is 1. The van der Waals surface area contributed by atoms with E-state index < -0.39 is 0 Å². The van der Waals surface area contributed by atoms with Crippen LogP contribution in [0.2, 0.25) is 0 Å². The number of nitrogens with zero attached hydrogens (tertiary/aromatic N) is 1. The predicted molar refractivity (Wildman–Crippen MR) is 101 cm³/mol. The minimum absolute atomic E-state index is 0.0104. The average molecular weight is 347 g/mol. The number of piperidine rings is 1. The van der Waals surface area contributed by atoms with Gasteiger partial charge in [0.2, 0.25) is 0 Å². The molecule has 1 saturated heterocycles. The number of aromatic nitrogens is 1. The second-order valence-corrected chi connectivity index (χ2v) is 9.12. The van der Waals surface area contributed by atoms with Crippen LogP contribution in [0.25, 0.3) is 10.2 Å². The Morgan fingerprint density at radius 3 is 2.54 bits per heavy atom. The van der Waals surface area contributed by atoms with Gasteiger partial charge in [0, 0.05) is 28.7 Å². The first-order chi connectivity index (χ1) is 11.1. The summed E-state index contributed by atoms with van der Waals surface area (Å²) in [5.41, 5.74) is 7.83. The van der Waals surface area contributed by atoms with Crippen LogP contribution in [0.15, 0.2) is 12.3 Å². The first-order valence-corrected chi connectivity index (χ1v) is 9.13. The number of hydrogen-bond acceptors (Lipinski definition) is 5. The molecule has 0 bridgehead atoms. The SMILES string of the molecule is Cc1ccnc2sc(C(=O)NC3CC(C)(C)NC(C)(C)C3)c(N)c12. The number of thiophene rings is 1. The van der Waals surface area contributed by atoms with Crippen LogP contribution < -0.4 is 16.4 Å². The fourth-order valence-electron chi connectivity index (χ4n) is 4.05. The van der Waals surface area contributed by atoms with Gasteiger partial charge in [0.25, 0.3) is 5.91 Å². The number of fused-ring (bicyclic) bond motifs is 1. The third kappa shape index (κ3) is 3.26. The van der Waals surface area contributed by atoms with Gasteiger partial charge in [-0.3, -0.25) is 4.79 Å². The van der Waals surface area contributed by atoms with Crippen molar-refractivity contribution in [3.8, 4) is 0 Å². The minimum Gasteiger partial charge on any atom is -0.397 e. The maximum atomic E-state index is 12.8. The van der Waals surface area contributed by atoms with Gasteiger partial charge >= 0.3 is 0 Å². The van der Waals surface area contributed by atoms with E-state index in [2.05, 4.69) is 43.3 Å². The average Bonchev–Trinajstić information content (AvgIpc) is 2.73. The Labute approximate surface area is 147 Å². The molecule has 1 amide bonds. The molecule has 0 aromatic carbocycles. The number of rotatable bonds is 2. The van der Waals surface area contributed by atoms with Crippen molar-refractivity contribution in [2.24, 2.45) is 0 Å². The highest BCUT2D eigenvalue weighted by Gasteiger charge is 2.38. The Balaban J connectivity index is 1.85. The number of amides is 1. The quantitative estimate of drug-likeness (QED) is 0.780. The van der Waals surface area contributed by atoms with Gasteiger partial charge in [0.15, 0.2) is 0 Å². The van der Waals surface area contributed by atoms with Crippen LogP contribution in [0.1, 0.15) is 55.8 Å². The number of nitrogen functional groups attached to an aromatic ring is 1. The van der Waals surface area contributed by atoms with E-state index in [0.717, 1.165) is 28.6 Å². The maximum Gasteiger partial charge on any atom is 0.263 e. The van der Waals surface area contributed by atoms with Crippen molar-refractivity contribution in [1.82, 2.24) is 15.6 Å². The second kappa shape index (κ2) is 5.70. The van der Waals surface area contributed by atoms with E-state index >= 15 is 0 Å². The summed E-state index contributed by atoms with van der Waals surface area (Å²) in [5.74, 6) is -0.0894. The number of aryl methyl sites for hydroxylation is 1. The van der Waals surface area contributed by atoms with E-state index in [-0.39, 0.29) is 23.0 Å². The van der Waals surface area contributed by atoms with Gasteiger partial charge < -0.3 is 16.4 Å². The molecule has 2 aromatic rings. The number of nitrogens with one attached hydrogen (secondary N) is 2. The fourth-order valence-corrected chi connectivity index (χ4v) is 5.09. The summed E-state index contributed by atoms with van der Waals surface area (Å²) in [4.78, 5) is 18.5. The number of nitrogens with two attached hydrogens (primary N) is 1. The molecule has 6 heteroatoms. The van der Waals surface area contributed by atoms with Gasteiger partial charge in [0.1, 0.15) is 9.71 Å². The Kier molecular flexibility index (Phi) is 4.08. The molecular formula is C18H26N4OS. The lowest BCUT2D eigenvalue weighted by atomic mass is 9.79. The Morgan fingerprint density at radius 2 is 1.96 bits per heavy atom. The molecule has 2 aromatic heterocycles. The summed E-state index contributed by atoms with van der Waals surface area (Å²) in [5, 5.41) is 7.72. The highest BCUT2D eigenvalue weighted by molar-refractivity contribution is 7.21. The highest BCUT2D eigenvalue weighted by Crippen LogP contribution is 2.35. The molecule has 0 spiro atoms. The summed E-state index contributed by atoms with van der Waals surface area (Å²) >= 11 is 1.37. The van der Waals surface area contributed by atoms with Gasteiger partial charge in [-0.15, -0.1) is 11.3 Å². The molecule has 1 aliphatic rings. The normalized spacial score (nSPS) is 20.2. The van der Waals surface area contributed by atoms with Crippen LogP contribution in [-0.2, 0) is 0 Å². The van der Waals surface area contributed by atoms with E-state index in [4.69, 9.17) is 5.73 Å². The zero-order chi connectivity index (χ0) is 17.7. The lowest BCUT2D eigenvalue weighted by molar-refractivity contribution is 0.0878. The first kappa shape index (κ1) is 17.2. The van der Waals surface area contributed by atoms with E-state index in [0.29, 0.717) is 10.6 Å². The van der Waals surface area contributed by atoms with Gasteiger partial charge in [-0.2, -0.15) is 0 Å². The van der Waals surface area contributed by atoms with Crippen molar-refractivity contribution in [3.05, 3.63) is 22.7 Å². The van der Waals surface area contributed by atoms with Crippen LogP contribution in [0.3, 0.4) is 0 Å². The largest absolute Gasteiger partial charge is 0.397 e. The Morgan fingerprint density at radius 1 is 1.33 bits per heavy atom. The van der Waals surface area contributed by atoms with Crippen LogP contribution in [-0.4, -0.2) is 28.0 Å². The molecule has 0 unspecified atom stereocenters. The number of hydrogen-bond donors (Lipinski definition) is 3. The van der Waals surface area contributed by atoms with E-state index in [1.54, 1.807) is 6.20 Å². The summed E-state index contributed by atoms with van der Waals surface area (Å²) in [6.07, 6.45) is 3.54. The van der Waals surface area contributed by atoms with Crippen LogP contribution in [0, 0.1) is 6.92 Å². The van der Waals surface area contributed by atoms with E-state index in [9.17, 15) is 4.79 Å². The lowest BCUT2D eigenvalue weighted by Gasteiger charge is -2.46. The van der Waals surface area contributed by atoms with E-state index in [1.807, 2.05) is 13.0 Å². The van der Waals surface area contributed by atoms with Crippen molar-refractivity contribution in [2.75, 3.05) is 5.73 Å². The number of anilines is 1. The topological polar surface area (TPSA) is 80.0 Å². The molecule has 3 heterocycles. The molecule has 3 rings (SSSR count). The zero-order valence-electron chi connectivity index (χ0n) is 15.0. The van der Waals surface area contributed by atoms with Crippen molar-refractivity contribution >= 4 is 33.1 Å². The third-order valence-electron chi connectivity index (χ3n) is 4.57. The monoisotopic (exact) mass is 346 g/mol. The van der Waals surface area contributed by atoms with Crippen molar-refractivity contribution in [3.63, 3.8) is 0 Å². The summed E-state index contributed by atoms with van der Waals surface area (Å²) < 4.78 is 0.